The summed E-state index contributed by atoms with van der Waals surface area (Å²) >= 11 is 0. The fourth-order valence-corrected chi connectivity index (χ4v) is 11.5. The Morgan fingerprint density at radius 2 is 0.926 bits per heavy atom. The molecule has 254 valence electrons. The Hall–Kier alpha value is -6.72. The lowest BCUT2D eigenvalue weighted by molar-refractivity contribution is 0.592. The van der Waals surface area contributed by atoms with Crippen molar-refractivity contribution in [3.8, 4) is 22.9 Å². The molecule has 4 heteroatoms. The van der Waals surface area contributed by atoms with Crippen molar-refractivity contribution in [3.63, 3.8) is 0 Å². The lowest BCUT2D eigenvalue weighted by atomic mass is 9.67. The average molecular weight is 709 g/mol. The summed E-state index contributed by atoms with van der Waals surface area (Å²) < 4.78 is 17.7. The second-order valence-corrected chi connectivity index (χ2v) is 16.7. The van der Waals surface area contributed by atoms with Gasteiger partial charge < -0.3 is 9.13 Å². The normalized spacial score (nSPS) is 13.0. The first-order valence-electron chi connectivity index (χ1n) is 18.2. The van der Waals surface area contributed by atoms with Crippen molar-refractivity contribution in [1.29, 1.82) is 5.26 Å². The first-order valence-corrected chi connectivity index (χ1v) is 19.9. The van der Waals surface area contributed by atoms with Crippen LogP contribution >= 0.6 is 7.14 Å². The minimum atomic E-state index is -3.18. The lowest BCUT2D eigenvalue weighted by Gasteiger charge is -2.34. The summed E-state index contributed by atoms with van der Waals surface area (Å²) in [6.45, 7) is 0. The van der Waals surface area contributed by atoms with Crippen LogP contribution in [0.3, 0.4) is 0 Å². The molecule has 10 rings (SSSR count). The number of aromatic nitrogens is 1. The highest BCUT2D eigenvalue weighted by Gasteiger charge is 2.46. The molecule has 9 aromatic rings. The van der Waals surface area contributed by atoms with Crippen LogP contribution in [0.5, 0.6) is 0 Å². The summed E-state index contributed by atoms with van der Waals surface area (Å²) in [5, 5.41) is 14.5. The van der Waals surface area contributed by atoms with Crippen LogP contribution in [-0.2, 0) is 9.98 Å². The van der Waals surface area contributed by atoms with Crippen LogP contribution < -0.4 is 15.9 Å². The number of fused-ring (bicyclic) bond motifs is 6. The minimum Gasteiger partial charge on any atom is -0.309 e. The Morgan fingerprint density at radius 1 is 0.463 bits per heavy atom. The molecule has 0 aliphatic heterocycles. The van der Waals surface area contributed by atoms with Gasteiger partial charge in [-0.1, -0.05) is 158 Å². The highest BCUT2D eigenvalue weighted by molar-refractivity contribution is 7.85. The summed E-state index contributed by atoms with van der Waals surface area (Å²) in [5.41, 5.74) is 10.2. The first-order chi connectivity index (χ1) is 26.6. The van der Waals surface area contributed by atoms with Gasteiger partial charge in [-0.25, -0.2) is 0 Å². The predicted octanol–water partition coefficient (Wildman–Crippen LogP) is 10.7. The topological polar surface area (TPSA) is 45.8 Å². The first kappa shape index (κ1) is 32.0. The average Bonchev–Trinajstić information content (AvgIpc) is 3.74. The van der Waals surface area contributed by atoms with E-state index < -0.39 is 12.6 Å². The van der Waals surface area contributed by atoms with E-state index in [1.807, 2.05) is 78.9 Å². The molecular formula is C50H33N2OP. The number of nitriles is 1. The number of hydrogen-bond donors (Lipinski definition) is 0. The Kier molecular flexibility index (Phi) is 7.37. The SMILES string of the molecule is N#Cc1ccc2c(c1)c1cc(C3(c4ccc(P(=O)(c5ccccc5)c5ccccc5)cc4)c4ccccc4-c4ccccc43)ccc1n2-c1ccccc1. The third-order valence-corrected chi connectivity index (χ3v) is 14.3. The maximum absolute atomic E-state index is 15.4. The number of benzene rings is 8. The quantitative estimate of drug-likeness (QED) is 0.161. The number of para-hydroxylation sites is 1. The molecule has 0 fully saturated rings. The van der Waals surface area contributed by atoms with E-state index in [0.29, 0.717) is 5.56 Å². The number of hydrogen-bond acceptors (Lipinski definition) is 2. The molecule has 0 radical (unpaired) electrons. The number of nitrogens with zero attached hydrogens (tertiary/aromatic N) is 2. The zero-order chi connectivity index (χ0) is 36.3. The van der Waals surface area contributed by atoms with Gasteiger partial charge in [-0.2, -0.15) is 5.26 Å². The van der Waals surface area contributed by atoms with Gasteiger partial charge >= 0.3 is 0 Å². The van der Waals surface area contributed by atoms with Crippen molar-refractivity contribution < 1.29 is 4.57 Å². The van der Waals surface area contributed by atoms with Crippen LogP contribution in [-0.4, -0.2) is 4.57 Å². The molecule has 0 N–H and O–H groups in total. The highest BCUT2D eigenvalue weighted by atomic mass is 31.2. The van der Waals surface area contributed by atoms with Crippen LogP contribution in [0, 0.1) is 11.3 Å². The fourth-order valence-electron chi connectivity index (χ4n) is 8.85. The van der Waals surface area contributed by atoms with E-state index >= 15 is 4.57 Å². The van der Waals surface area contributed by atoms with Crippen molar-refractivity contribution >= 4 is 44.9 Å². The van der Waals surface area contributed by atoms with E-state index in [1.54, 1.807) is 0 Å². The number of rotatable bonds is 6. The molecule has 0 saturated carbocycles. The summed E-state index contributed by atoms with van der Waals surface area (Å²) in [7, 11) is -3.18. The van der Waals surface area contributed by atoms with Crippen LogP contribution in [0.4, 0.5) is 0 Å². The van der Waals surface area contributed by atoms with Crippen molar-refractivity contribution in [3.05, 3.63) is 228 Å². The Morgan fingerprint density at radius 3 is 1.50 bits per heavy atom. The van der Waals surface area contributed by atoms with Crippen molar-refractivity contribution in [2.24, 2.45) is 0 Å². The lowest BCUT2D eigenvalue weighted by Crippen LogP contribution is -2.30. The van der Waals surface area contributed by atoms with Crippen LogP contribution in [0.1, 0.15) is 27.8 Å². The van der Waals surface area contributed by atoms with E-state index in [4.69, 9.17) is 0 Å². The second kappa shape index (κ2) is 12.5. The van der Waals surface area contributed by atoms with E-state index in [-0.39, 0.29) is 0 Å². The largest absolute Gasteiger partial charge is 0.309 e. The standard InChI is InChI=1S/C50H33N2OP/c51-34-35-24-30-48-44(32-35)45-33-37(27-31-49(45)52(48)38-14-4-1-5-15-38)50(46-22-12-10-20-42(46)43-21-11-13-23-47(43)50)36-25-28-41(29-26-36)54(53,39-16-6-2-7-17-39)40-18-8-3-9-19-40/h1-33H. The van der Waals surface area contributed by atoms with Gasteiger partial charge in [-0.3, -0.25) is 0 Å². The molecule has 1 aliphatic rings. The van der Waals surface area contributed by atoms with Crippen LogP contribution in [0.2, 0.25) is 0 Å². The monoisotopic (exact) mass is 708 g/mol. The molecule has 1 aromatic heterocycles. The molecule has 0 bridgehead atoms. The van der Waals surface area contributed by atoms with Gasteiger partial charge in [0.1, 0.15) is 0 Å². The smallest absolute Gasteiger partial charge is 0.171 e. The summed E-state index contributed by atoms with van der Waals surface area (Å²) in [5.74, 6) is 0. The molecule has 0 unspecified atom stereocenters. The molecule has 0 saturated heterocycles. The van der Waals surface area contributed by atoms with Gasteiger partial charge in [0.2, 0.25) is 0 Å². The molecule has 54 heavy (non-hydrogen) atoms. The van der Waals surface area contributed by atoms with Gasteiger partial charge in [-0.05, 0) is 75.8 Å². The summed E-state index contributed by atoms with van der Waals surface area (Å²) in [4.78, 5) is 0. The highest BCUT2D eigenvalue weighted by Crippen LogP contribution is 2.57. The molecule has 1 aliphatic carbocycles. The van der Waals surface area contributed by atoms with Gasteiger partial charge in [0.25, 0.3) is 0 Å². The third kappa shape index (κ3) is 4.58. The van der Waals surface area contributed by atoms with Gasteiger partial charge in [0, 0.05) is 32.4 Å². The third-order valence-electron chi connectivity index (χ3n) is 11.2. The molecular weight excluding hydrogens is 676 g/mol. The summed E-state index contributed by atoms with van der Waals surface area (Å²) in [6, 6.07) is 71.3. The van der Waals surface area contributed by atoms with Gasteiger partial charge in [0.15, 0.2) is 7.14 Å². The van der Waals surface area contributed by atoms with Crippen molar-refractivity contribution in [2.75, 3.05) is 0 Å². The Bertz CT molecular complexity index is 2870. The van der Waals surface area contributed by atoms with Crippen LogP contribution in [0.25, 0.3) is 38.6 Å². The van der Waals surface area contributed by atoms with E-state index in [9.17, 15) is 5.26 Å². The van der Waals surface area contributed by atoms with Gasteiger partial charge in [0.05, 0.1) is 28.1 Å². The molecule has 3 nitrogen and oxygen atoms in total. The zero-order valence-electron chi connectivity index (χ0n) is 29.3. The predicted molar refractivity (Wildman–Crippen MR) is 222 cm³/mol. The maximum Gasteiger partial charge on any atom is 0.171 e. The molecule has 8 aromatic carbocycles. The molecule has 0 amide bonds. The van der Waals surface area contributed by atoms with E-state index in [0.717, 1.165) is 54.5 Å². The van der Waals surface area contributed by atoms with Crippen molar-refractivity contribution in [1.82, 2.24) is 4.57 Å². The maximum atomic E-state index is 15.4. The molecule has 0 spiro atoms. The zero-order valence-corrected chi connectivity index (χ0v) is 30.2. The second-order valence-electron chi connectivity index (χ2n) is 13.9. The molecule has 0 atom stereocenters. The van der Waals surface area contributed by atoms with E-state index in [1.165, 1.54) is 22.3 Å². The molecule has 1 heterocycles. The fraction of sp³-hybridized carbons (Fsp3) is 0.0200. The Balaban J connectivity index is 1.26. The van der Waals surface area contributed by atoms with Crippen molar-refractivity contribution in [2.45, 2.75) is 5.41 Å². The van der Waals surface area contributed by atoms with Gasteiger partial charge in [-0.15, -0.1) is 0 Å². The summed E-state index contributed by atoms with van der Waals surface area (Å²) in [6.07, 6.45) is 0. The van der Waals surface area contributed by atoms with E-state index in [2.05, 4.69) is 132 Å². The Labute approximate surface area is 314 Å². The van der Waals surface area contributed by atoms with Crippen LogP contribution in [0.15, 0.2) is 200 Å². The minimum absolute atomic E-state index is 0.628.